The lowest BCUT2D eigenvalue weighted by Gasteiger charge is -2.10. The first-order valence-corrected chi connectivity index (χ1v) is 7.16. The van der Waals surface area contributed by atoms with Gasteiger partial charge in [0, 0.05) is 12.7 Å². The number of nitrogens with two attached hydrogens (primary N) is 1. The third-order valence-corrected chi connectivity index (χ3v) is 3.98. The number of hydrogen-bond donors (Lipinski definition) is 3. The molecule has 0 atom stereocenters. The van der Waals surface area contributed by atoms with E-state index in [-0.39, 0.29) is 4.90 Å². The molecule has 0 aliphatic carbocycles. The van der Waals surface area contributed by atoms with E-state index >= 15 is 0 Å². The molecule has 2 rings (SSSR count). The minimum absolute atomic E-state index is 0.0850. The van der Waals surface area contributed by atoms with Crippen LogP contribution in [0.1, 0.15) is 6.92 Å². The van der Waals surface area contributed by atoms with Crippen molar-refractivity contribution in [1.29, 1.82) is 0 Å². The molecular formula is C11H15N5O2S. The molecule has 2 aromatic rings. The summed E-state index contributed by atoms with van der Waals surface area (Å²) < 4.78 is 28.6. The second-order valence-electron chi connectivity index (χ2n) is 3.83. The quantitative estimate of drug-likeness (QED) is 0.560. The van der Waals surface area contributed by atoms with Gasteiger partial charge in [0.1, 0.15) is 4.90 Å². The van der Waals surface area contributed by atoms with E-state index in [1.54, 1.807) is 29.1 Å². The molecule has 0 unspecified atom stereocenters. The topological polar surface area (TPSA) is 102 Å². The Bertz CT molecular complexity index is 665. The second kappa shape index (κ2) is 5.29. The van der Waals surface area contributed by atoms with Crippen molar-refractivity contribution < 1.29 is 8.42 Å². The van der Waals surface area contributed by atoms with Crippen molar-refractivity contribution in [3.05, 3.63) is 36.7 Å². The van der Waals surface area contributed by atoms with E-state index < -0.39 is 10.0 Å². The second-order valence-corrected chi connectivity index (χ2v) is 5.48. The van der Waals surface area contributed by atoms with Gasteiger partial charge in [0.2, 0.25) is 0 Å². The van der Waals surface area contributed by atoms with Gasteiger partial charge in [-0.15, -0.1) is 0 Å². The molecule has 0 amide bonds. The van der Waals surface area contributed by atoms with Crippen LogP contribution in [0.4, 0.5) is 11.4 Å². The van der Waals surface area contributed by atoms with E-state index in [4.69, 9.17) is 5.84 Å². The smallest absolute Gasteiger partial charge is 0.264 e. The summed E-state index contributed by atoms with van der Waals surface area (Å²) in [5, 5.41) is 4.00. The first kappa shape index (κ1) is 13.4. The van der Waals surface area contributed by atoms with Crippen LogP contribution >= 0.6 is 0 Å². The highest BCUT2D eigenvalue weighted by atomic mass is 32.2. The average Bonchev–Trinajstić information content (AvgIpc) is 2.85. The minimum Gasteiger partial charge on any atom is -0.323 e. The van der Waals surface area contributed by atoms with Crippen LogP contribution in [0.5, 0.6) is 0 Å². The molecule has 0 spiro atoms. The third-order valence-electron chi connectivity index (χ3n) is 2.54. The number of nitrogens with zero attached hydrogens (tertiary/aromatic N) is 2. The van der Waals surface area contributed by atoms with Crippen LogP contribution in [0.3, 0.4) is 0 Å². The maximum atomic E-state index is 12.2. The molecule has 0 fully saturated rings. The average molecular weight is 281 g/mol. The molecule has 7 nitrogen and oxygen atoms in total. The van der Waals surface area contributed by atoms with Gasteiger partial charge in [-0.3, -0.25) is 15.2 Å². The van der Waals surface area contributed by atoms with E-state index in [0.29, 0.717) is 17.9 Å². The Balaban J connectivity index is 2.32. The molecule has 1 heterocycles. The van der Waals surface area contributed by atoms with Gasteiger partial charge in [0.25, 0.3) is 10.0 Å². The fourth-order valence-electron chi connectivity index (χ4n) is 1.62. The Hall–Kier alpha value is -2.06. The number of aryl methyl sites for hydroxylation is 1. The molecule has 0 saturated heterocycles. The highest BCUT2D eigenvalue weighted by Gasteiger charge is 2.18. The van der Waals surface area contributed by atoms with Gasteiger partial charge in [0.15, 0.2) is 0 Å². The zero-order valence-corrected chi connectivity index (χ0v) is 11.2. The highest BCUT2D eigenvalue weighted by Crippen LogP contribution is 2.22. The Morgan fingerprint density at radius 3 is 2.74 bits per heavy atom. The summed E-state index contributed by atoms with van der Waals surface area (Å²) in [5.41, 5.74) is 3.11. The summed E-state index contributed by atoms with van der Waals surface area (Å²) >= 11 is 0. The maximum Gasteiger partial charge on any atom is 0.264 e. The van der Waals surface area contributed by atoms with Gasteiger partial charge < -0.3 is 5.43 Å². The van der Waals surface area contributed by atoms with Gasteiger partial charge >= 0.3 is 0 Å². The van der Waals surface area contributed by atoms with Crippen molar-refractivity contribution >= 4 is 21.4 Å². The molecule has 0 saturated carbocycles. The maximum absolute atomic E-state index is 12.2. The van der Waals surface area contributed by atoms with Crippen LogP contribution in [0.25, 0.3) is 0 Å². The fourth-order valence-corrected chi connectivity index (χ4v) is 2.82. The van der Waals surface area contributed by atoms with Crippen molar-refractivity contribution in [3.63, 3.8) is 0 Å². The number of para-hydroxylation sites is 1. The standard InChI is InChI=1S/C11H15N5O2S/c1-2-16-8-9(7-13-16)15-19(17,18)11-6-4-3-5-10(11)14-12/h3-8,14-15H,2,12H2,1H3. The molecule has 1 aromatic carbocycles. The number of anilines is 2. The zero-order valence-electron chi connectivity index (χ0n) is 10.4. The molecule has 0 radical (unpaired) electrons. The highest BCUT2D eigenvalue weighted by molar-refractivity contribution is 7.92. The van der Waals surface area contributed by atoms with E-state index in [1.165, 1.54) is 12.3 Å². The number of benzene rings is 1. The largest absolute Gasteiger partial charge is 0.323 e. The monoisotopic (exact) mass is 281 g/mol. The minimum atomic E-state index is -3.70. The molecule has 0 bridgehead atoms. The Morgan fingerprint density at radius 1 is 1.37 bits per heavy atom. The van der Waals surface area contributed by atoms with Crippen molar-refractivity contribution in [2.75, 3.05) is 10.1 Å². The first-order chi connectivity index (χ1) is 9.06. The predicted molar refractivity (Wildman–Crippen MR) is 73.0 cm³/mol. The van der Waals surface area contributed by atoms with Gasteiger partial charge in [-0.1, -0.05) is 12.1 Å². The van der Waals surface area contributed by atoms with Crippen molar-refractivity contribution in [3.8, 4) is 0 Å². The number of aromatic nitrogens is 2. The first-order valence-electron chi connectivity index (χ1n) is 5.67. The molecule has 8 heteroatoms. The van der Waals surface area contributed by atoms with E-state index in [2.05, 4.69) is 15.2 Å². The van der Waals surface area contributed by atoms with E-state index in [1.807, 2.05) is 6.92 Å². The van der Waals surface area contributed by atoms with Crippen LogP contribution < -0.4 is 16.0 Å². The van der Waals surface area contributed by atoms with E-state index in [0.717, 1.165) is 0 Å². The number of nitrogens with one attached hydrogen (secondary N) is 2. The summed E-state index contributed by atoms with van der Waals surface area (Å²) in [5.74, 6) is 5.31. The number of rotatable bonds is 5. The predicted octanol–water partition coefficient (Wildman–Crippen LogP) is 0.989. The zero-order chi connectivity index (χ0) is 13.9. The summed E-state index contributed by atoms with van der Waals surface area (Å²) in [6.07, 6.45) is 3.08. The van der Waals surface area contributed by atoms with Crippen molar-refractivity contribution in [1.82, 2.24) is 9.78 Å². The number of nitrogen functional groups attached to an aromatic ring is 1. The van der Waals surface area contributed by atoms with Crippen LogP contribution in [0.15, 0.2) is 41.6 Å². The van der Waals surface area contributed by atoms with Crippen LogP contribution in [-0.2, 0) is 16.6 Å². The number of hydrazine groups is 1. The summed E-state index contributed by atoms with van der Waals surface area (Å²) in [6, 6.07) is 6.39. The lowest BCUT2D eigenvalue weighted by Crippen LogP contribution is -2.17. The summed E-state index contributed by atoms with van der Waals surface area (Å²) in [6.45, 7) is 2.58. The number of hydrogen-bond acceptors (Lipinski definition) is 5. The lowest BCUT2D eigenvalue weighted by atomic mass is 10.3. The molecule has 102 valence electrons. The van der Waals surface area contributed by atoms with Gasteiger partial charge in [0.05, 0.1) is 17.6 Å². The molecule has 1 aromatic heterocycles. The van der Waals surface area contributed by atoms with E-state index in [9.17, 15) is 8.42 Å². The molecular weight excluding hydrogens is 266 g/mol. The molecule has 0 aliphatic rings. The Morgan fingerprint density at radius 2 is 2.11 bits per heavy atom. The summed E-state index contributed by atoms with van der Waals surface area (Å²) in [7, 11) is -3.70. The Kier molecular flexibility index (Phi) is 3.72. The normalized spacial score (nSPS) is 11.3. The van der Waals surface area contributed by atoms with Crippen LogP contribution in [0.2, 0.25) is 0 Å². The summed E-state index contributed by atoms with van der Waals surface area (Å²) in [4.78, 5) is 0.0850. The molecule has 19 heavy (non-hydrogen) atoms. The fraction of sp³-hybridized carbons (Fsp3) is 0.182. The van der Waals surface area contributed by atoms with Crippen molar-refractivity contribution in [2.24, 2.45) is 5.84 Å². The van der Waals surface area contributed by atoms with Crippen LogP contribution in [-0.4, -0.2) is 18.2 Å². The van der Waals surface area contributed by atoms with Gasteiger partial charge in [-0.2, -0.15) is 5.10 Å². The van der Waals surface area contributed by atoms with Crippen LogP contribution in [0, 0.1) is 0 Å². The van der Waals surface area contributed by atoms with Gasteiger partial charge in [-0.25, -0.2) is 8.42 Å². The SMILES string of the molecule is CCn1cc(NS(=O)(=O)c2ccccc2NN)cn1. The third kappa shape index (κ3) is 2.85. The Labute approximate surface area is 111 Å². The van der Waals surface area contributed by atoms with Gasteiger partial charge in [-0.05, 0) is 19.1 Å². The lowest BCUT2D eigenvalue weighted by molar-refractivity contribution is 0.601. The number of sulfonamides is 1. The molecule has 0 aliphatic heterocycles. The molecule has 4 N–H and O–H groups in total. The van der Waals surface area contributed by atoms with Crippen molar-refractivity contribution in [2.45, 2.75) is 18.4 Å².